The van der Waals surface area contributed by atoms with E-state index in [9.17, 15) is 0 Å². The molecule has 3 rings (SSSR count). The number of rotatable bonds is 1. The molecule has 1 aliphatic heterocycles. The molecule has 0 N–H and O–H groups in total. The number of hydrogen-bond acceptors (Lipinski definition) is 2. The summed E-state index contributed by atoms with van der Waals surface area (Å²) in [7, 11) is 0. The second-order valence-electron chi connectivity index (χ2n) is 5.07. The first-order chi connectivity index (χ1) is 9.11. The SMILES string of the molecule is Cc1cc(C)cc(N2COc3ccc(Br)cc3C2)c1. The lowest BCUT2D eigenvalue weighted by Gasteiger charge is -2.31. The average Bonchev–Trinajstić information content (AvgIpc) is 2.36. The van der Waals surface area contributed by atoms with Crippen molar-refractivity contribution in [3.8, 4) is 5.75 Å². The maximum atomic E-state index is 5.83. The van der Waals surface area contributed by atoms with Crippen LogP contribution >= 0.6 is 15.9 Å². The van der Waals surface area contributed by atoms with Crippen molar-refractivity contribution in [1.29, 1.82) is 0 Å². The Morgan fingerprint density at radius 2 is 1.79 bits per heavy atom. The zero-order valence-electron chi connectivity index (χ0n) is 11.1. The number of halogens is 1. The van der Waals surface area contributed by atoms with Gasteiger partial charge in [-0.25, -0.2) is 0 Å². The number of nitrogens with zero attached hydrogens (tertiary/aromatic N) is 1. The van der Waals surface area contributed by atoms with Gasteiger partial charge in [0.1, 0.15) is 5.75 Å². The fourth-order valence-corrected chi connectivity index (χ4v) is 2.92. The third-order valence-electron chi connectivity index (χ3n) is 3.33. The molecule has 0 atom stereocenters. The number of ether oxygens (including phenoxy) is 1. The molecular weight excluding hydrogens is 302 g/mol. The van der Waals surface area contributed by atoms with Gasteiger partial charge in [-0.2, -0.15) is 0 Å². The first-order valence-electron chi connectivity index (χ1n) is 6.36. The van der Waals surface area contributed by atoms with Gasteiger partial charge in [-0.05, 0) is 55.3 Å². The highest BCUT2D eigenvalue weighted by atomic mass is 79.9. The van der Waals surface area contributed by atoms with Crippen LogP contribution in [0, 0.1) is 13.8 Å². The van der Waals surface area contributed by atoms with Gasteiger partial charge >= 0.3 is 0 Å². The maximum Gasteiger partial charge on any atom is 0.161 e. The minimum atomic E-state index is 0.609. The van der Waals surface area contributed by atoms with Crippen LogP contribution in [0.15, 0.2) is 40.9 Å². The molecule has 1 aliphatic rings. The molecule has 0 bridgehead atoms. The van der Waals surface area contributed by atoms with E-state index >= 15 is 0 Å². The van der Waals surface area contributed by atoms with Crippen LogP contribution < -0.4 is 9.64 Å². The Hall–Kier alpha value is -1.48. The predicted molar refractivity (Wildman–Crippen MR) is 81.7 cm³/mol. The van der Waals surface area contributed by atoms with E-state index in [0.717, 1.165) is 16.8 Å². The minimum absolute atomic E-state index is 0.609. The number of aryl methyl sites for hydroxylation is 2. The van der Waals surface area contributed by atoms with Crippen LogP contribution in [0.5, 0.6) is 5.75 Å². The standard InChI is InChI=1S/C16H16BrNO/c1-11-5-12(2)7-15(6-11)18-9-13-8-14(17)3-4-16(13)19-10-18/h3-8H,9-10H2,1-2H3. The fraction of sp³-hybridized carbons (Fsp3) is 0.250. The van der Waals surface area contributed by atoms with E-state index in [-0.39, 0.29) is 0 Å². The Morgan fingerprint density at radius 3 is 2.53 bits per heavy atom. The molecule has 2 aromatic carbocycles. The molecule has 3 heteroatoms. The van der Waals surface area contributed by atoms with E-state index < -0.39 is 0 Å². The largest absolute Gasteiger partial charge is 0.473 e. The molecule has 2 nitrogen and oxygen atoms in total. The fourth-order valence-electron chi connectivity index (χ4n) is 2.51. The van der Waals surface area contributed by atoms with E-state index in [0.29, 0.717) is 6.73 Å². The Balaban J connectivity index is 1.92. The third kappa shape index (κ3) is 2.61. The second kappa shape index (κ2) is 4.89. The van der Waals surface area contributed by atoms with Gasteiger partial charge in [0.25, 0.3) is 0 Å². The number of anilines is 1. The summed E-state index contributed by atoms with van der Waals surface area (Å²) >= 11 is 3.52. The lowest BCUT2D eigenvalue weighted by molar-refractivity contribution is 0.289. The number of benzene rings is 2. The van der Waals surface area contributed by atoms with Crippen LogP contribution in [0.25, 0.3) is 0 Å². The predicted octanol–water partition coefficient (Wildman–Crippen LogP) is 4.42. The molecule has 1 heterocycles. The van der Waals surface area contributed by atoms with Crippen molar-refractivity contribution >= 4 is 21.6 Å². The van der Waals surface area contributed by atoms with Crippen LogP contribution in [0.4, 0.5) is 5.69 Å². The second-order valence-corrected chi connectivity index (χ2v) is 5.99. The highest BCUT2D eigenvalue weighted by Gasteiger charge is 2.18. The summed E-state index contributed by atoms with van der Waals surface area (Å²) in [5.74, 6) is 0.990. The molecule has 0 saturated carbocycles. The van der Waals surface area contributed by atoms with Gasteiger partial charge in [0.05, 0.1) is 0 Å². The molecule has 0 aliphatic carbocycles. The van der Waals surface area contributed by atoms with Gasteiger partial charge in [-0.1, -0.05) is 22.0 Å². The zero-order chi connectivity index (χ0) is 13.4. The van der Waals surface area contributed by atoms with Crippen molar-refractivity contribution in [3.63, 3.8) is 0 Å². The maximum absolute atomic E-state index is 5.83. The highest BCUT2D eigenvalue weighted by molar-refractivity contribution is 9.10. The van der Waals surface area contributed by atoms with Crippen molar-refractivity contribution in [2.24, 2.45) is 0 Å². The van der Waals surface area contributed by atoms with Gasteiger partial charge < -0.3 is 9.64 Å². The monoisotopic (exact) mass is 317 g/mol. The third-order valence-corrected chi connectivity index (χ3v) is 3.82. The van der Waals surface area contributed by atoms with E-state index in [1.807, 2.05) is 12.1 Å². The topological polar surface area (TPSA) is 12.5 Å². The molecule has 0 radical (unpaired) electrons. The summed E-state index contributed by atoms with van der Waals surface area (Å²) < 4.78 is 6.92. The lowest BCUT2D eigenvalue weighted by atomic mass is 10.1. The Labute approximate surface area is 122 Å². The summed E-state index contributed by atoms with van der Waals surface area (Å²) in [4.78, 5) is 2.26. The normalized spacial score (nSPS) is 13.9. The van der Waals surface area contributed by atoms with Crippen molar-refractivity contribution in [3.05, 3.63) is 57.6 Å². The smallest absolute Gasteiger partial charge is 0.161 e. The molecule has 0 amide bonds. The summed E-state index contributed by atoms with van der Waals surface area (Å²) in [6.07, 6.45) is 0. The van der Waals surface area contributed by atoms with Crippen LogP contribution in [-0.2, 0) is 6.54 Å². The Morgan fingerprint density at radius 1 is 1.05 bits per heavy atom. The Kier molecular flexibility index (Phi) is 3.23. The molecule has 19 heavy (non-hydrogen) atoms. The van der Waals surface area contributed by atoms with Crippen LogP contribution in [0.3, 0.4) is 0 Å². The lowest BCUT2D eigenvalue weighted by Crippen LogP contribution is -2.31. The van der Waals surface area contributed by atoms with Gasteiger partial charge in [-0.3, -0.25) is 0 Å². The summed E-state index contributed by atoms with van der Waals surface area (Å²) in [6, 6.07) is 12.8. The van der Waals surface area contributed by atoms with E-state index in [4.69, 9.17) is 4.74 Å². The molecule has 0 unspecified atom stereocenters. The van der Waals surface area contributed by atoms with Gasteiger partial charge in [0, 0.05) is 22.3 Å². The summed E-state index contributed by atoms with van der Waals surface area (Å²) in [5.41, 5.74) is 5.02. The van der Waals surface area contributed by atoms with E-state index in [1.54, 1.807) is 0 Å². The molecule has 0 fully saturated rings. The van der Waals surface area contributed by atoms with E-state index in [1.165, 1.54) is 22.4 Å². The molecule has 0 saturated heterocycles. The molecule has 98 valence electrons. The van der Waals surface area contributed by atoms with E-state index in [2.05, 4.69) is 58.9 Å². The average molecular weight is 318 g/mol. The van der Waals surface area contributed by atoms with Crippen LogP contribution in [0.2, 0.25) is 0 Å². The van der Waals surface area contributed by atoms with Crippen molar-refractivity contribution in [1.82, 2.24) is 0 Å². The van der Waals surface area contributed by atoms with Crippen molar-refractivity contribution < 1.29 is 4.74 Å². The quantitative estimate of drug-likeness (QED) is 0.771. The molecule has 0 aromatic heterocycles. The van der Waals surface area contributed by atoms with Gasteiger partial charge in [0.15, 0.2) is 6.73 Å². The zero-order valence-corrected chi connectivity index (χ0v) is 12.7. The summed E-state index contributed by atoms with van der Waals surface area (Å²) in [5, 5.41) is 0. The molecule has 0 spiro atoms. The Bertz CT molecular complexity index is 604. The van der Waals surface area contributed by atoms with Crippen molar-refractivity contribution in [2.45, 2.75) is 20.4 Å². The van der Waals surface area contributed by atoms with Gasteiger partial charge in [0.2, 0.25) is 0 Å². The van der Waals surface area contributed by atoms with Crippen molar-refractivity contribution in [2.75, 3.05) is 11.6 Å². The highest BCUT2D eigenvalue weighted by Crippen LogP contribution is 2.31. The van der Waals surface area contributed by atoms with Crippen LogP contribution in [-0.4, -0.2) is 6.73 Å². The first-order valence-corrected chi connectivity index (χ1v) is 7.15. The molecule has 2 aromatic rings. The van der Waals surface area contributed by atoms with Gasteiger partial charge in [-0.15, -0.1) is 0 Å². The number of fused-ring (bicyclic) bond motifs is 1. The minimum Gasteiger partial charge on any atom is -0.473 e. The first kappa shape index (κ1) is 12.5. The van der Waals surface area contributed by atoms with Crippen LogP contribution in [0.1, 0.15) is 16.7 Å². The number of hydrogen-bond donors (Lipinski definition) is 0. The summed E-state index contributed by atoms with van der Waals surface area (Å²) in [6.45, 7) is 5.76. The molecular formula is C16H16BrNO.